The lowest BCUT2D eigenvalue weighted by Gasteiger charge is -2.12. The molecule has 0 fully saturated rings. The number of aryl methyl sites for hydroxylation is 1. The Bertz CT molecular complexity index is 356. The van der Waals surface area contributed by atoms with E-state index in [0.717, 1.165) is 11.1 Å². The molecule has 1 aromatic rings. The van der Waals surface area contributed by atoms with Crippen LogP contribution in [-0.2, 0) is 6.42 Å². The molecule has 0 atom stereocenters. The quantitative estimate of drug-likeness (QED) is 0.802. The molecule has 0 aliphatic heterocycles. The molecule has 0 aliphatic rings. The van der Waals surface area contributed by atoms with E-state index in [2.05, 4.69) is 0 Å². The maximum absolute atomic E-state index is 10.9. The van der Waals surface area contributed by atoms with Gasteiger partial charge < -0.3 is 9.84 Å². The summed E-state index contributed by atoms with van der Waals surface area (Å²) in [5.41, 5.74) is 2.06. The summed E-state index contributed by atoms with van der Waals surface area (Å²) in [4.78, 5) is 10.9. The monoisotopic (exact) mass is 194 g/mol. The number of aromatic carboxylic acids is 1. The highest BCUT2D eigenvalue weighted by Crippen LogP contribution is 2.27. The van der Waals surface area contributed by atoms with Crippen LogP contribution in [0.25, 0.3) is 0 Å². The average Bonchev–Trinajstić information content (AvgIpc) is 2.16. The van der Waals surface area contributed by atoms with Gasteiger partial charge in [0.1, 0.15) is 5.75 Å². The molecule has 14 heavy (non-hydrogen) atoms. The number of carbonyl (C=O) groups is 1. The van der Waals surface area contributed by atoms with Gasteiger partial charge >= 0.3 is 5.97 Å². The Morgan fingerprint density at radius 2 is 2.14 bits per heavy atom. The minimum Gasteiger partial charge on any atom is -0.496 e. The number of ether oxygens (including phenoxy) is 1. The molecule has 0 radical (unpaired) electrons. The highest BCUT2D eigenvalue weighted by atomic mass is 16.5. The predicted molar refractivity (Wildman–Crippen MR) is 54.1 cm³/mol. The van der Waals surface area contributed by atoms with Gasteiger partial charge in [0.05, 0.1) is 12.7 Å². The molecular formula is C11H14O3. The molecule has 3 heteroatoms. The first kappa shape index (κ1) is 10.6. The zero-order valence-electron chi connectivity index (χ0n) is 8.63. The fraction of sp³-hybridized carbons (Fsp3) is 0.364. The molecule has 3 nitrogen and oxygen atoms in total. The van der Waals surface area contributed by atoms with Crippen molar-refractivity contribution in [3.05, 3.63) is 28.8 Å². The molecule has 0 heterocycles. The van der Waals surface area contributed by atoms with Gasteiger partial charge in [0.15, 0.2) is 0 Å². The maximum Gasteiger partial charge on any atom is 0.336 e. The Kier molecular flexibility index (Phi) is 3.12. The van der Waals surface area contributed by atoms with Gasteiger partial charge in [0.25, 0.3) is 0 Å². The van der Waals surface area contributed by atoms with Gasteiger partial charge in [-0.05, 0) is 25.0 Å². The summed E-state index contributed by atoms with van der Waals surface area (Å²) in [6.45, 7) is 3.83. The Hall–Kier alpha value is -1.51. The Morgan fingerprint density at radius 1 is 1.50 bits per heavy atom. The highest BCUT2D eigenvalue weighted by Gasteiger charge is 2.14. The van der Waals surface area contributed by atoms with E-state index < -0.39 is 5.97 Å². The van der Waals surface area contributed by atoms with Crippen LogP contribution < -0.4 is 4.74 Å². The van der Waals surface area contributed by atoms with Crippen molar-refractivity contribution in [1.82, 2.24) is 0 Å². The number of carboxylic acids is 1. The molecule has 0 saturated heterocycles. The normalized spacial score (nSPS) is 9.93. The first-order chi connectivity index (χ1) is 6.61. The Labute approximate surface area is 83.3 Å². The van der Waals surface area contributed by atoms with Gasteiger partial charge in [-0.3, -0.25) is 0 Å². The van der Waals surface area contributed by atoms with Crippen LogP contribution in [0.3, 0.4) is 0 Å². The van der Waals surface area contributed by atoms with Crippen LogP contribution in [0.2, 0.25) is 0 Å². The van der Waals surface area contributed by atoms with E-state index in [1.54, 1.807) is 19.2 Å². The summed E-state index contributed by atoms with van der Waals surface area (Å²) in [6.07, 6.45) is 0.659. The number of rotatable bonds is 3. The van der Waals surface area contributed by atoms with Gasteiger partial charge in [-0.25, -0.2) is 4.79 Å². The van der Waals surface area contributed by atoms with E-state index in [1.807, 2.05) is 13.8 Å². The van der Waals surface area contributed by atoms with Crippen LogP contribution in [0.15, 0.2) is 12.1 Å². The van der Waals surface area contributed by atoms with Crippen LogP contribution in [0.1, 0.15) is 28.4 Å². The molecule has 1 rings (SSSR count). The van der Waals surface area contributed by atoms with E-state index in [-0.39, 0.29) is 0 Å². The first-order valence-electron chi connectivity index (χ1n) is 4.51. The summed E-state index contributed by atoms with van der Waals surface area (Å²) < 4.78 is 5.19. The third-order valence-corrected chi connectivity index (χ3v) is 2.25. The van der Waals surface area contributed by atoms with Crippen molar-refractivity contribution in [2.75, 3.05) is 7.11 Å². The van der Waals surface area contributed by atoms with E-state index >= 15 is 0 Å². The second-order valence-corrected chi connectivity index (χ2v) is 3.10. The van der Waals surface area contributed by atoms with Crippen LogP contribution in [0, 0.1) is 6.92 Å². The lowest BCUT2D eigenvalue weighted by Crippen LogP contribution is -2.05. The van der Waals surface area contributed by atoms with Crippen molar-refractivity contribution in [3.63, 3.8) is 0 Å². The molecule has 1 aromatic carbocycles. The van der Waals surface area contributed by atoms with Crippen molar-refractivity contribution in [2.45, 2.75) is 20.3 Å². The minimum absolute atomic E-state index is 0.329. The lowest BCUT2D eigenvalue weighted by atomic mass is 10.0. The van der Waals surface area contributed by atoms with Crippen molar-refractivity contribution < 1.29 is 14.6 Å². The van der Waals surface area contributed by atoms with Crippen molar-refractivity contribution in [1.29, 1.82) is 0 Å². The molecule has 0 unspecified atom stereocenters. The summed E-state index contributed by atoms with van der Waals surface area (Å²) in [7, 11) is 1.56. The Morgan fingerprint density at radius 3 is 2.57 bits per heavy atom. The standard InChI is InChI=1S/C11H14O3/c1-4-8-9(11(12)13)6-5-7(2)10(8)14-3/h5-6H,4H2,1-3H3,(H,12,13). The van der Waals surface area contributed by atoms with E-state index in [1.165, 1.54) is 0 Å². The topological polar surface area (TPSA) is 46.5 Å². The second-order valence-electron chi connectivity index (χ2n) is 3.10. The molecule has 1 N–H and O–H groups in total. The average molecular weight is 194 g/mol. The smallest absolute Gasteiger partial charge is 0.336 e. The molecule has 76 valence electrons. The van der Waals surface area contributed by atoms with Crippen LogP contribution in [-0.4, -0.2) is 18.2 Å². The second kappa shape index (κ2) is 4.13. The van der Waals surface area contributed by atoms with Crippen LogP contribution >= 0.6 is 0 Å². The number of benzene rings is 1. The van der Waals surface area contributed by atoms with Gasteiger partial charge in [-0.1, -0.05) is 13.0 Å². The maximum atomic E-state index is 10.9. The van der Waals surface area contributed by atoms with Gasteiger partial charge in [-0.15, -0.1) is 0 Å². The van der Waals surface area contributed by atoms with E-state index in [4.69, 9.17) is 9.84 Å². The van der Waals surface area contributed by atoms with Gasteiger partial charge in [0.2, 0.25) is 0 Å². The first-order valence-corrected chi connectivity index (χ1v) is 4.51. The number of hydrogen-bond acceptors (Lipinski definition) is 2. The highest BCUT2D eigenvalue weighted by molar-refractivity contribution is 5.90. The summed E-state index contributed by atoms with van der Waals surface area (Å²) in [5, 5.41) is 8.95. The zero-order chi connectivity index (χ0) is 10.7. The molecule has 0 saturated carbocycles. The molecule has 0 bridgehead atoms. The van der Waals surface area contributed by atoms with Gasteiger partial charge in [0, 0.05) is 5.56 Å². The number of methoxy groups -OCH3 is 1. The van der Waals surface area contributed by atoms with Crippen molar-refractivity contribution >= 4 is 5.97 Å². The summed E-state index contributed by atoms with van der Waals surface area (Å²) in [5.74, 6) is -0.215. The van der Waals surface area contributed by atoms with Crippen LogP contribution in [0.4, 0.5) is 0 Å². The fourth-order valence-corrected chi connectivity index (χ4v) is 1.58. The van der Waals surface area contributed by atoms with E-state index in [9.17, 15) is 4.79 Å². The predicted octanol–water partition coefficient (Wildman–Crippen LogP) is 2.26. The Balaban J connectivity index is 3.40. The largest absolute Gasteiger partial charge is 0.496 e. The molecule has 0 spiro atoms. The van der Waals surface area contributed by atoms with Crippen LogP contribution in [0.5, 0.6) is 5.75 Å². The molecule has 0 aromatic heterocycles. The molecule has 0 amide bonds. The fourth-order valence-electron chi connectivity index (χ4n) is 1.58. The molecule has 0 aliphatic carbocycles. The third-order valence-electron chi connectivity index (χ3n) is 2.25. The number of hydrogen-bond donors (Lipinski definition) is 1. The zero-order valence-corrected chi connectivity index (χ0v) is 8.63. The minimum atomic E-state index is -0.903. The third kappa shape index (κ3) is 1.71. The molecular weight excluding hydrogens is 180 g/mol. The van der Waals surface area contributed by atoms with E-state index in [0.29, 0.717) is 17.7 Å². The SMILES string of the molecule is CCc1c(C(=O)O)ccc(C)c1OC. The van der Waals surface area contributed by atoms with Gasteiger partial charge in [-0.2, -0.15) is 0 Å². The van der Waals surface area contributed by atoms with Crippen molar-refractivity contribution in [2.24, 2.45) is 0 Å². The summed E-state index contributed by atoms with van der Waals surface area (Å²) in [6, 6.07) is 3.39. The number of carboxylic acid groups (broad SMARTS) is 1. The summed E-state index contributed by atoms with van der Waals surface area (Å²) >= 11 is 0. The lowest BCUT2D eigenvalue weighted by molar-refractivity contribution is 0.0695. The van der Waals surface area contributed by atoms with Crippen molar-refractivity contribution in [3.8, 4) is 5.75 Å².